The topological polar surface area (TPSA) is 71.5 Å². The largest absolute Gasteiger partial charge is 0.462 e. The average Bonchev–Trinajstić information content (AvgIpc) is 2.80. The van der Waals surface area contributed by atoms with Gasteiger partial charge in [-0.3, -0.25) is 9.79 Å². The van der Waals surface area contributed by atoms with Crippen LogP contribution in [-0.4, -0.2) is 23.8 Å². The first-order valence-corrected chi connectivity index (χ1v) is 11.5. The Morgan fingerprint density at radius 3 is 2.88 bits per heavy atom. The van der Waals surface area contributed by atoms with E-state index in [4.69, 9.17) is 9.73 Å². The van der Waals surface area contributed by atoms with Gasteiger partial charge in [-0.2, -0.15) is 0 Å². The fourth-order valence-corrected chi connectivity index (χ4v) is 5.07. The molecule has 1 aromatic carbocycles. The smallest absolute Gasteiger partial charge is 0.338 e. The molecule has 2 atom stereocenters. The molecule has 2 aliphatic carbocycles. The summed E-state index contributed by atoms with van der Waals surface area (Å²) in [6, 6.07) is 10.9. The van der Waals surface area contributed by atoms with Crippen LogP contribution in [0.2, 0.25) is 0 Å². The SMILES string of the molecule is C/C=C1\[C@H]2C=C(C)C[C@]1(N=C/C=C/c1ccccc1C(=O)OCCC)c1ccc(=O)[nH]c1C2. The Balaban J connectivity index is 1.69. The molecule has 2 aliphatic rings. The zero-order chi connectivity index (χ0) is 23.4. The number of carbonyl (C=O) groups is 1. The van der Waals surface area contributed by atoms with Gasteiger partial charge in [-0.1, -0.05) is 48.9 Å². The highest BCUT2D eigenvalue weighted by atomic mass is 16.5. The normalized spacial score (nSPS) is 23.1. The third-order valence-corrected chi connectivity index (χ3v) is 6.35. The van der Waals surface area contributed by atoms with Crippen LogP contribution in [0, 0.1) is 5.92 Å². The van der Waals surface area contributed by atoms with Crippen LogP contribution in [0.5, 0.6) is 0 Å². The molecule has 0 amide bonds. The van der Waals surface area contributed by atoms with Gasteiger partial charge in [0.15, 0.2) is 0 Å². The summed E-state index contributed by atoms with van der Waals surface area (Å²) in [4.78, 5) is 32.5. The number of nitrogens with one attached hydrogen (secondary N) is 1. The van der Waals surface area contributed by atoms with Gasteiger partial charge in [0.2, 0.25) is 5.56 Å². The van der Waals surface area contributed by atoms with Crippen LogP contribution in [0.25, 0.3) is 6.08 Å². The number of ether oxygens (including phenoxy) is 1. The summed E-state index contributed by atoms with van der Waals surface area (Å²) < 4.78 is 5.31. The zero-order valence-electron chi connectivity index (χ0n) is 19.4. The van der Waals surface area contributed by atoms with Crippen LogP contribution in [0.3, 0.4) is 0 Å². The number of rotatable bonds is 6. The van der Waals surface area contributed by atoms with Crippen molar-refractivity contribution in [1.29, 1.82) is 0 Å². The average molecular weight is 443 g/mol. The molecule has 0 saturated heterocycles. The van der Waals surface area contributed by atoms with Crippen LogP contribution in [0.1, 0.15) is 60.8 Å². The maximum Gasteiger partial charge on any atom is 0.338 e. The molecule has 5 heteroatoms. The summed E-state index contributed by atoms with van der Waals surface area (Å²) in [5.41, 5.74) is 5.31. The van der Waals surface area contributed by atoms with Crippen molar-refractivity contribution in [3.63, 3.8) is 0 Å². The van der Waals surface area contributed by atoms with Crippen molar-refractivity contribution in [3.05, 3.63) is 98.5 Å². The molecule has 33 heavy (non-hydrogen) atoms. The van der Waals surface area contributed by atoms with E-state index in [-0.39, 0.29) is 17.4 Å². The maximum atomic E-state index is 12.4. The Morgan fingerprint density at radius 1 is 1.27 bits per heavy atom. The molecule has 0 radical (unpaired) electrons. The van der Waals surface area contributed by atoms with E-state index >= 15 is 0 Å². The number of hydrogen-bond donors (Lipinski definition) is 1. The van der Waals surface area contributed by atoms with E-state index in [1.807, 2.05) is 49.6 Å². The van der Waals surface area contributed by atoms with Crippen molar-refractivity contribution in [2.75, 3.05) is 6.61 Å². The number of hydrogen-bond acceptors (Lipinski definition) is 4. The number of aliphatic imine (C=N–C) groups is 1. The standard InChI is InChI=1S/C28H30N2O3/c1-4-15-33-27(32)22-11-7-6-9-20(22)10-8-14-29-28-18-19(3)16-21(23(28)5-2)17-25-24(28)12-13-26(31)30-25/h5-14,16,21H,4,15,17-18H2,1-3H3,(H,30,31)/b10-8+,23-5+,29-14?/t21-,28+/m0/s1. The lowest BCUT2D eigenvalue weighted by Gasteiger charge is -2.45. The number of H-pyrrole nitrogens is 1. The lowest BCUT2D eigenvalue weighted by atomic mass is 9.63. The molecule has 5 nitrogen and oxygen atoms in total. The lowest BCUT2D eigenvalue weighted by Crippen LogP contribution is -2.40. The Hall–Kier alpha value is -3.47. The van der Waals surface area contributed by atoms with Crippen molar-refractivity contribution in [3.8, 4) is 0 Å². The number of allylic oxidation sites excluding steroid dienone is 3. The van der Waals surface area contributed by atoms with E-state index in [0.29, 0.717) is 12.2 Å². The second kappa shape index (κ2) is 9.57. The molecule has 0 saturated carbocycles. The molecule has 4 rings (SSSR count). The summed E-state index contributed by atoms with van der Waals surface area (Å²) in [6.07, 6.45) is 12.4. The van der Waals surface area contributed by atoms with Gasteiger partial charge in [-0.05, 0) is 56.0 Å². The van der Waals surface area contributed by atoms with Gasteiger partial charge < -0.3 is 9.72 Å². The van der Waals surface area contributed by atoms with Gasteiger partial charge >= 0.3 is 5.97 Å². The van der Waals surface area contributed by atoms with Gasteiger partial charge in [0.05, 0.1) is 12.2 Å². The van der Waals surface area contributed by atoms with Gasteiger partial charge in [0.1, 0.15) is 5.54 Å². The number of fused-ring (bicyclic) bond motifs is 4. The molecule has 0 fully saturated rings. The molecule has 0 aliphatic heterocycles. The highest BCUT2D eigenvalue weighted by molar-refractivity contribution is 5.94. The Labute approximate surface area is 194 Å². The predicted octanol–water partition coefficient (Wildman–Crippen LogP) is 5.39. The van der Waals surface area contributed by atoms with Gasteiger partial charge in [-0.25, -0.2) is 4.79 Å². The van der Waals surface area contributed by atoms with Gasteiger partial charge in [0.25, 0.3) is 0 Å². The summed E-state index contributed by atoms with van der Waals surface area (Å²) >= 11 is 0. The van der Waals surface area contributed by atoms with E-state index in [2.05, 4.69) is 31.0 Å². The second-order valence-electron chi connectivity index (χ2n) is 8.68. The molecular weight excluding hydrogens is 412 g/mol. The number of benzene rings is 1. The third-order valence-electron chi connectivity index (χ3n) is 6.35. The fraction of sp³-hybridized carbons (Fsp3) is 0.321. The first kappa shape index (κ1) is 22.7. The Kier molecular flexibility index (Phi) is 6.59. The summed E-state index contributed by atoms with van der Waals surface area (Å²) in [6.45, 7) is 6.59. The molecule has 170 valence electrons. The molecule has 2 bridgehead atoms. The van der Waals surface area contributed by atoms with E-state index in [9.17, 15) is 9.59 Å². The van der Waals surface area contributed by atoms with E-state index in [1.165, 1.54) is 11.1 Å². The molecule has 1 heterocycles. The third kappa shape index (κ3) is 4.40. The minimum atomic E-state index is -0.528. The molecule has 1 aromatic heterocycles. The number of aromatic nitrogens is 1. The van der Waals surface area contributed by atoms with Crippen LogP contribution >= 0.6 is 0 Å². The summed E-state index contributed by atoms with van der Waals surface area (Å²) in [7, 11) is 0. The second-order valence-corrected chi connectivity index (χ2v) is 8.68. The van der Waals surface area contributed by atoms with Crippen LogP contribution < -0.4 is 5.56 Å². The highest BCUT2D eigenvalue weighted by Crippen LogP contribution is 2.51. The predicted molar refractivity (Wildman–Crippen MR) is 133 cm³/mol. The molecule has 2 aromatic rings. The monoisotopic (exact) mass is 442 g/mol. The van der Waals surface area contributed by atoms with E-state index < -0.39 is 5.54 Å². The highest BCUT2D eigenvalue weighted by Gasteiger charge is 2.46. The van der Waals surface area contributed by atoms with Crippen LogP contribution in [0.4, 0.5) is 0 Å². The summed E-state index contributed by atoms with van der Waals surface area (Å²) in [5, 5.41) is 0. The van der Waals surface area contributed by atoms with Crippen molar-refractivity contribution in [2.45, 2.75) is 45.6 Å². The molecular formula is C28H30N2O3. The number of pyridine rings is 1. The quantitative estimate of drug-likeness (QED) is 0.370. The first-order chi connectivity index (χ1) is 16.0. The molecule has 0 spiro atoms. The summed E-state index contributed by atoms with van der Waals surface area (Å²) in [5.74, 6) is -0.0885. The van der Waals surface area contributed by atoms with Gasteiger partial charge in [-0.15, -0.1) is 0 Å². The van der Waals surface area contributed by atoms with Crippen molar-refractivity contribution in [1.82, 2.24) is 4.98 Å². The number of esters is 1. The minimum absolute atomic E-state index is 0.0814. The van der Waals surface area contributed by atoms with Crippen molar-refractivity contribution < 1.29 is 9.53 Å². The maximum absolute atomic E-state index is 12.4. The molecule has 1 N–H and O–H groups in total. The fourth-order valence-electron chi connectivity index (χ4n) is 5.07. The lowest BCUT2D eigenvalue weighted by molar-refractivity contribution is 0.0505. The van der Waals surface area contributed by atoms with Crippen LogP contribution in [0.15, 0.2) is 75.6 Å². The van der Waals surface area contributed by atoms with Crippen molar-refractivity contribution in [2.24, 2.45) is 10.9 Å². The molecule has 0 unspecified atom stereocenters. The van der Waals surface area contributed by atoms with E-state index in [1.54, 1.807) is 12.1 Å². The number of aromatic amines is 1. The van der Waals surface area contributed by atoms with Gasteiger partial charge in [0, 0.05) is 35.9 Å². The van der Waals surface area contributed by atoms with Crippen molar-refractivity contribution >= 4 is 18.3 Å². The Bertz CT molecular complexity index is 1230. The minimum Gasteiger partial charge on any atom is -0.462 e. The first-order valence-electron chi connectivity index (χ1n) is 11.5. The van der Waals surface area contributed by atoms with Crippen LogP contribution in [-0.2, 0) is 16.7 Å². The Morgan fingerprint density at radius 2 is 2.09 bits per heavy atom. The number of carbonyl (C=O) groups excluding carboxylic acids is 1. The van der Waals surface area contributed by atoms with E-state index in [0.717, 1.165) is 36.1 Å². The number of nitrogens with zero attached hydrogens (tertiary/aromatic N) is 1. The zero-order valence-corrected chi connectivity index (χ0v) is 19.4.